The van der Waals surface area contributed by atoms with Crippen molar-refractivity contribution in [3.8, 4) is 11.6 Å². The van der Waals surface area contributed by atoms with E-state index in [-0.39, 0.29) is 0 Å². The maximum absolute atomic E-state index is 11.4. The van der Waals surface area contributed by atoms with Crippen molar-refractivity contribution in [2.45, 2.75) is 6.92 Å². The van der Waals surface area contributed by atoms with Crippen molar-refractivity contribution in [1.29, 1.82) is 0 Å². The summed E-state index contributed by atoms with van der Waals surface area (Å²) in [5.41, 5.74) is 1.51. The minimum atomic E-state index is -0.411. The maximum Gasteiger partial charge on any atom is 0.338 e. The summed E-state index contributed by atoms with van der Waals surface area (Å²) >= 11 is 0. The van der Waals surface area contributed by atoms with Gasteiger partial charge in [-0.15, -0.1) is 0 Å². The zero-order valence-electron chi connectivity index (χ0n) is 10.2. The Hall–Kier alpha value is -2.36. The van der Waals surface area contributed by atoms with Gasteiger partial charge in [0.15, 0.2) is 0 Å². The molecule has 0 saturated carbocycles. The van der Waals surface area contributed by atoms with Crippen LogP contribution in [0.3, 0.4) is 0 Å². The molecule has 4 heteroatoms. The number of pyridine rings is 1. The first-order valence-electron chi connectivity index (χ1n) is 5.48. The second kappa shape index (κ2) is 5.31. The van der Waals surface area contributed by atoms with Crippen LogP contribution in [-0.4, -0.2) is 18.1 Å². The smallest absolute Gasteiger partial charge is 0.338 e. The molecule has 1 aromatic heterocycles. The highest BCUT2D eigenvalue weighted by Crippen LogP contribution is 2.21. The maximum atomic E-state index is 11.4. The van der Waals surface area contributed by atoms with E-state index in [1.165, 1.54) is 13.3 Å². The van der Waals surface area contributed by atoms with Gasteiger partial charge in [-0.2, -0.15) is 0 Å². The quantitative estimate of drug-likeness (QED) is 0.777. The van der Waals surface area contributed by atoms with Crippen LogP contribution in [0.2, 0.25) is 0 Å². The van der Waals surface area contributed by atoms with E-state index in [1.807, 2.05) is 31.2 Å². The van der Waals surface area contributed by atoms with Gasteiger partial charge in [0, 0.05) is 12.3 Å². The average molecular weight is 243 g/mol. The van der Waals surface area contributed by atoms with Crippen LogP contribution < -0.4 is 4.74 Å². The standard InChI is InChI=1S/C14H13NO3/c1-10-4-3-5-12(8-10)18-13-9-11(6-7-15-13)14(16)17-2/h3-9H,1-2H3. The number of methoxy groups -OCH3 is 1. The zero-order valence-corrected chi connectivity index (χ0v) is 10.2. The highest BCUT2D eigenvalue weighted by Gasteiger charge is 2.07. The first kappa shape index (κ1) is 12.1. The molecular weight excluding hydrogens is 230 g/mol. The number of hydrogen-bond donors (Lipinski definition) is 0. The van der Waals surface area contributed by atoms with Crippen molar-refractivity contribution in [2.75, 3.05) is 7.11 Å². The molecule has 0 aliphatic carbocycles. The van der Waals surface area contributed by atoms with Crippen molar-refractivity contribution < 1.29 is 14.3 Å². The van der Waals surface area contributed by atoms with Gasteiger partial charge in [-0.1, -0.05) is 12.1 Å². The molecule has 0 N–H and O–H groups in total. The van der Waals surface area contributed by atoms with Crippen LogP contribution in [0.25, 0.3) is 0 Å². The summed E-state index contributed by atoms with van der Waals surface area (Å²) in [4.78, 5) is 15.4. The lowest BCUT2D eigenvalue weighted by Crippen LogP contribution is -2.01. The monoisotopic (exact) mass is 243 g/mol. The number of benzene rings is 1. The fraction of sp³-hybridized carbons (Fsp3) is 0.143. The predicted octanol–water partition coefficient (Wildman–Crippen LogP) is 2.97. The lowest BCUT2D eigenvalue weighted by atomic mass is 10.2. The van der Waals surface area contributed by atoms with Gasteiger partial charge in [-0.05, 0) is 30.7 Å². The Balaban J connectivity index is 2.22. The number of carbonyl (C=O) groups excluding carboxylic acids is 1. The van der Waals surface area contributed by atoms with Crippen molar-refractivity contribution in [1.82, 2.24) is 4.98 Å². The molecule has 0 aliphatic heterocycles. The van der Waals surface area contributed by atoms with Crippen molar-refractivity contribution >= 4 is 5.97 Å². The Bertz CT molecular complexity index is 566. The number of hydrogen-bond acceptors (Lipinski definition) is 4. The summed E-state index contributed by atoms with van der Waals surface area (Å²) in [6.45, 7) is 1.98. The molecule has 0 bridgehead atoms. The number of esters is 1. The van der Waals surface area contributed by atoms with Gasteiger partial charge in [-0.25, -0.2) is 9.78 Å². The topological polar surface area (TPSA) is 48.4 Å². The van der Waals surface area contributed by atoms with E-state index in [0.717, 1.165) is 5.56 Å². The van der Waals surface area contributed by atoms with Crippen LogP contribution in [-0.2, 0) is 4.74 Å². The van der Waals surface area contributed by atoms with Gasteiger partial charge in [0.2, 0.25) is 5.88 Å². The Kier molecular flexibility index (Phi) is 3.57. The molecule has 0 spiro atoms. The van der Waals surface area contributed by atoms with Crippen LogP contribution in [0.4, 0.5) is 0 Å². The van der Waals surface area contributed by atoms with Gasteiger partial charge >= 0.3 is 5.97 Å². The fourth-order valence-corrected chi connectivity index (χ4v) is 1.51. The van der Waals surface area contributed by atoms with Crippen LogP contribution in [0.15, 0.2) is 42.6 Å². The predicted molar refractivity (Wildman–Crippen MR) is 66.8 cm³/mol. The third-order valence-corrected chi connectivity index (χ3v) is 2.37. The van der Waals surface area contributed by atoms with Gasteiger partial charge < -0.3 is 9.47 Å². The molecule has 1 aromatic carbocycles. The first-order valence-corrected chi connectivity index (χ1v) is 5.48. The summed E-state index contributed by atoms with van der Waals surface area (Å²) in [6.07, 6.45) is 1.51. The van der Waals surface area contributed by atoms with E-state index < -0.39 is 5.97 Å². The molecule has 0 radical (unpaired) electrons. The van der Waals surface area contributed by atoms with E-state index in [0.29, 0.717) is 17.2 Å². The van der Waals surface area contributed by atoms with Gasteiger partial charge in [0.05, 0.1) is 12.7 Å². The molecular formula is C14H13NO3. The Morgan fingerprint density at radius 3 is 2.78 bits per heavy atom. The molecule has 1 heterocycles. The highest BCUT2D eigenvalue weighted by molar-refractivity contribution is 5.89. The summed E-state index contributed by atoms with van der Waals surface area (Å²) in [5, 5.41) is 0. The average Bonchev–Trinajstić information content (AvgIpc) is 2.38. The highest BCUT2D eigenvalue weighted by atomic mass is 16.5. The minimum absolute atomic E-state index is 0.364. The van der Waals surface area contributed by atoms with Crippen molar-refractivity contribution in [3.05, 3.63) is 53.7 Å². The second-order valence-corrected chi connectivity index (χ2v) is 3.79. The van der Waals surface area contributed by atoms with E-state index in [2.05, 4.69) is 9.72 Å². The van der Waals surface area contributed by atoms with Crippen molar-refractivity contribution in [3.63, 3.8) is 0 Å². The summed E-state index contributed by atoms with van der Waals surface area (Å²) < 4.78 is 10.2. The number of aromatic nitrogens is 1. The van der Waals surface area contributed by atoms with E-state index in [1.54, 1.807) is 12.1 Å². The number of nitrogens with zero attached hydrogens (tertiary/aromatic N) is 1. The Morgan fingerprint density at radius 1 is 1.22 bits per heavy atom. The van der Waals surface area contributed by atoms with Crippen molar-refractivity contribution in [2.24, 2.45) is 0 Å². The van der Waals surface area contributed by atoms with Gasteiger partial charge in [0.25, 0.3) is 0 Å². The molecule has 0 saturated heterocycles. The minimum Gasteiger partial charge on any atom is -0.465 e. The molecule has 4 nitrogen and oxygen atoms in total. The van der Waals surface area contributed by atoms with Gasteiger partial charge in [0.1, 0.15) is 5.75 Å². The molecule has 0 unspecified atom stereocenters. The molecule has 18 heavy (non-hydrogen) atoms. The number of aryl methyl sites for hydroxylation is 1. The van der Waals surface area contributed by atoms with E-state index in [9.17, 15) is 4.79 Å². The van der Waals surface area contributed by atoms with Gasteiger partial charge in [-0.3, -0.25) is 0 Å². The van der Waals surface area contributed by atoms with E-state index in [4.69, 9.17) is 4.74 Å². The summed E-state index contributed by atoms with van der Waals surface area (Å²) in [5.74, 6) is 0.638. The third kappa shape index (κ3) is 2.85. The Morgan fingerprint density at radius 2 is 2.06 bits per heavy atom. The van der Waals surface area contributed by atoms with Crippen LogP contribution in [0.5, 0.6) is 11.6 Å². The molecule has 2 aromatic rings. The number of rotatable bonds is 3. The molecule has 0 atom stereocenters. The SMILES string of the molecule is COC(=O)c1ccnc(Oc2cccc(C)c2)c1. The molecule has 92 valence electrons. The van der Waals surface area contributed by atoms with E-state index >= 15 is 0 Å². The lowest BCUT2D eigenvalue weighted by molar-refractivity contribution is 0.0600. The zero-order chi connectivity index (χ0) is 13.0. The second-order valence-electron chi connectivity index (χ2n) is 3.79. The first-order chi connectivity index (χ1) is 8.69. The van der Waals surface area contributed by atoms with Crippen LogP contribution in [0.1, 0.15) is 15.9 Å². The van der Waals surface area contributed by atoms with Crippen LogP contribution >= 0.6 is 0 Å². The number of carbonyl (C=O) groups is 1. The summed E-state index contributed by atoms with van der Waals surface area (Å²) in [6, 6.07) is 10.7. The molecule has 0 fully saturated rings. The largest absolute Gasteiger partial charge is 0.465 e. The normalized spacial score (nSPS) is 9.89. The fourth-order valence-electron chi connectivity index (χ4n) is 1.51. The van der Waals surface area contributed by atoms with Crippen LogP contribution in [0, 0.1) is 6.92 Å². The molecule has 0 aliphatic rings. The third-order valence-electron chi connectivity index (χ3n) is 2.37. The number of ether oxygens (including phenoxy) is 2. The summed E-state index contributed by atoms with van der Waals surface area (Å²) in [7, 11) is 1.34. The Labute approximate surface area is 105 Å². The molecule has 2 rings (SSSR count). The molecule has 0 amide bonds. The lowest BCUT2D eigenvalue weighted by Gasteiger charge is -2.06.